The van der Waals surface area contributed by atoms with Crippen LogP contribution in [0.5, 0.6) is 11.5 Å². The van der Waals surface area contributed by atoms with Gasteiger partial charge in [-0.1, -0.05) is 35.3 Å². The molecule has 4 atom stereocenters. The van der Waals surface area contributed by atoms with E-state index < -0.39 is 0 Å². The van der Waals surface area contributed by atoms with Crippen LogP contribution in [0.3, 0.4) is 0 Å². The van der Waals surface area contributed by atoms with Gasteiger partial charge in [0.15, 0.2) is 17.6 Å². The van der Waals surface area contributed by atoms with Gasteiger partial charge in [-0.3, -0.25) is 4.98 Å². The minimum Gasteiger partial charge on any atom is -0.504 e. The van der Waals surface area contributed by atoms with Gasteiger partial charge in [-0.15, -0.1) is 0 Å². The summed E-state index contributed by atoms with van der Waals surface area (Å²) in [5.74, 6) is 1.35. The Balaban J connectivity index is 1.43. The van der Waals surface area contributed by atoms with Crippen molar-refractivity contribution in [1.82, 2.24) is 9.88 Å². The second-order valence-electron chi connectivity index (χ2n) is 9.69. The zero-order chi connectivity index (χ0) is 21.8. The van der Waals surface area contributed by atoms with Gasteiger partial charge in [-0.2, -0.15) is 0 Å². The normalized spacial score (nSPS) is 29.3. The van der Waals surface area contributed by atoms with Gasteiger partial charge in [-0.05, 0) is 74.2 Å². The number of piperidine rings is 1. The number of likely N-dealkylation sites (tertiary alicyclic amines) is 1. The van der Waals surface area contributed by atoms with Crippen LogP contribution in [0.25, 0.3) is 11.1 Å². The fourth-order valence-corrected chi connectivity index (χ4v) is 7.45. The Kier molecular flexibility index (Phi) is 3.85. The van der Waals surface area contributed by atoms with E-state index in [0.29, 0.717) is 27.8 Å². The van der Waals surface area contributed by atoms with Crippen molar-refractivity contribution in [1.29, 1.82) is 0 Å². The van der Waals surface area contributed by atoms with Crippen molar-refractivity contribution in [3.8, 4) is 22.6 Å². The van der Waals surface area contributed by atoms with Crippen LogP contribution >= 0.6 is 23.2 Å². The maximum absolute atomic E-state index is 10.7. The lowest BCUT2D eigenvalue weighted by Gasteiger charge is -2.57. The molecule has 4 nitrogen and oxygen atoms in total. The first-order valence-corrected chi connectivity index (χ1v) is 11.9. The molecule has 4 aliphatic rings. The lowest BCUT2D eigenvalue weighted by atomic mass is 9.51. The van der Waals surface area contributed by atoms with Crippen molar-refractivity contribution in [2.75, 3.05) is 13.6 Å². The Morgan fingerprint density at radius 2 is 2.00 bits per heavy atom. The molecular formula is C26H22Cl2N2O2. The molecule has 0 unspecified atom stereocenters. The molecule has 0 saturated carbocycles. The molecule has 7 rings (SSSR count). The topological polar surface area (TPSA) is 45.6 Å². The maximum atomic E-state index is 10.7. The molecule has 3 aromatic rings. The predicted molar refractivity (Wildman–Crippen MR) is 125 cm³/mol. The molecule has 1 fully saturated rings. The number of fused-ring (bicyclic) bond motifs is 2. The Morgan fingerprint density at radius 3 is 2.84 bits per heavy atom. The summed E-state index contributed by atoms with van der Waals surface area (Å²) in [5, 5.41) is 11.9. The molecule has 3 heterocycles. The molecule has 162 valence electrons. The van der Waals surface area contributed by atoms with Gasteiger partial charge >= 0.3 is 0 Å². The molecule has 1 aromatic heterocycles. The van der Waals surface area contributed by atoms with Gasteiger partial charge in [0.05, 0.1) is 5.69 Å². The first kappa shape index (κ1) is 19.2. The highest BCUT2D eigenvalue weighted by Gasteiger charge is 2.64. The minimum absolute atomic E-state index is 0.113. The molecule has 0 amide bonds. The predicted octanol–water partition coefficient (Wildman–Crippen LogP) is 5.57. The minimum atomic E-state index is -0.162. The SMILES string of the molecule is CN1CC[C@]23c4c5ccc(O)c4O[C@H]2c2ncc(-c4ccc(Cl)cc4Cl)cc2C[C@H]3[C@@H]1C5. The van der Waals surface area contributed by atoms with Gasteiger partial charge < -0.3 is 14.7 Å². The van der Waals surface area contributed by atoms with Gasteiger partial charge in [0.25, 0.3) is 0 Å². The second-order valence-corrected chi connectivity index (χ2v) is 10.5. The number of nitrogens with zero attached hydrogens (tertiary/aromatic N) is 2. The van der Waals surface area contributed by atoms with Crippen LogP contribution in [0.4, 0.5) is 0 Å². The second kappa shape index (κ2) is 6.40. The summed E-state index contributed by atoms with van der Waals surface area (Å²) in [6.45, 7) is 1.03. The number of benzene rings is 2. The zero-order valence-corrected chi connectivity index (χ0v) is 19.1. The smallest absolute Gasteiger partial charge is 0.166 e. The number of rotatable bonds is 1. The van der Waals surface area contributed by atoms with E-state index in [1.165, 1.54) is 16.7 Å². The van der Waals surface area contributed by atoms with Gasteiger partial charge in [0.2, 0.25) is 0 Å². The fourth-order valence-electron chi connectivity index (χ4n) is 6.93. The Labute approximate surface area is 196 Å². The fraction of sp³-hybridized carbons (Fsp3) is 0.346. The maximum Gasteiger partial charge on any atom is 0.166 e. The lowest BCUT2D eigenvalue weighted by Crippen LogP contribution is -2.62. The van der Waals surface area contributed by atoms with Crippen LogP contribution in [-0.2, 0) is 18.3 Å². The van der Waals surface area contributed by atoms with Crippen molar-refractivity contribution < 1.29 is 9.84 Å². The summed E-state index contributed by atoms with van der Waals surface area (Å²) in [5.41, 5.74) is 6.60. The third-order valence-corrected chi connectivity index (χ3v) is 8.87. The van der Waals surface area contributed by atoms with Crippen LogP contribution in [-0.4, -0.2) is 34.6 Å². The summed E-state index contributed by atoms with van der Waals surface area (Å²) in [6.07, 6.45) is 4.69. The van der Waals surface area contributed by atoms with Gasteiger partial charge in [0, 0.05) is 44.4 Å². The largest absolute Gasteiger partial charge is 0.504 e. The molecule has 1 spiro atoms. The summed E-state index contributed by atoms with van der Waals surface area (Å²) in [6, 6.07) is 12.1. The quantitative estimate of drug-likeness (QED) is 0.511. The monoisotopic (exact) mass is 464 g/mol. The third-order valence-electron chi connectivity index (χ3n) is 8.32. The average molecular weight is 465 g/mol. The van der Waals surface area contributed by atoms with Crippen molar-refractivity contribution in [3.63, 3.8) is 0 Å². The summed E-state index contributed by atoms with van der Waals surface area (Å²) >= 11 is 12.6. The number of phenolic OH excluding ortho intramolecular Hbond substituents is 1. The Morgan fingerprint density at radius 1 is 1.12 bits per heavy atom. The number of hydrogen-bond donors (Lipinski definition) is 1. The van der Waals surface area contributed by atoms with E-state index in [0.717, 1.165) is 42.6 Å². The molecule has 6 heteroatoms. The first-order chi connectivity index (χ1) is 15.5. The molecule has 1 saturated heterocycles. The number of likely N-dealkylation sites (N-methyl/N-ethyl adjacent to an activating group) is 1. The highest BCUT2D eigenvalue weighted by Crippen LogP contribution is 2.66. The molecule has 32 heavy (non-hydrogen) atoms. The number of ether oxygens (including phenoxy) is 1. The van der Waals surface area contributed by atoms with E-state index in [2.05, 4.69) is 24.1 Å². The van der Waals surface area contributed by atoms with Crippen molar-refractivity contribution >= 4 is 23.2 Å². The van der Waals surface area contributed by atoms with Crippen molar-refractivity contribution in [2.45, 2.75) is 36.8 Å². The molecule has 2 aliphatic carbocycles. The van der Waals surface area contributed by atoms with E-state index in [-0.39, 0.29) is 17.3 Å². The highest BCUT2D eigenvalue weighted by atomic mass is 35.5. The number of pyridine rings is 1. The zero-order valence-electron chi connectivity index (χ0n) is 17.6. The molecule has 2 bridgehead atoms. The van der Waals surface area contributed by atoms with Gasteiger partial charge in [-0.25, -0.2) is 0 Å². The van der Waals surface area contributed by atoms with Crippen LogP contribution < -0.4 is 4.74 Å². The lowest BCUT2D eigenvalue weighted by molar-refractivity contribution is -0.0260. The molecule has 2 aromatic carbocycles. The number of aromatic nitrogens is 1. The summed E-state index contributed by atoms with van der Waals surface area (Å²) < 4.78 is 6.58. The molecule has 1 N–H and O–H groups in total. The van der Waals surface area contributed by atoms with Crippen LogP contribution in [0.15, 0.2) is 42.6 Å². The third kappa shape index (κ3) is 2.30. The molecular weight excluding hydrogens is 443 g/mol. The van der Waals surface area contributed by atoms with Crippen LogP contribution in [0.1, 0.15) is 34.9 Å². The highest BCUT2D eigenvalue weighted by molar-refractivity contribution is 6.36. The first-order valence-electron chi connectivity index (χ1n) is 11.1. The van der Waals surface area contributed by atoms with E-state index in [4.69, 9.17) is 32.9 Å². The Hall–Kier alpha value is -2.27. The van der Waals surface area contributed by atoms with E-state index in [9.17, 15) is 5.11 Å². The number of aromatic hydroxyl groups is 1. The number of phenols is 1. The average Bonchev–Trinajstić information content (AvgIpc) is 3.12. The Bertz CT molecular complexity index is 1310. The number of halogens is 2. The van der Waals surface area contributed by atoms with E-state index >= 15 is 0 Å². The van der Waals surface area contributed by atoms with Gasteiger partial charge in [0.1, 0.15) is 0 Å². The van der Waals surface area contributed by atoms with E-state index in [1.54, 1.807) is 12.1 Å². The van der Waals surface area contributed by atoms with Crippen LogP contribution in [0, 0.1) is 5.92 Å². The van der Waals surface area contributed by atoms with Crippen molar-refractivity contribution in [2.24, 2.45) is 5.92 Å². The summed E-state index contributed by atoms with van der Waals surface area (Å²) in [4.78, 5) is 7.47. The van der Waals surface area contributed by atoms with E-state index in [1.807, 2.05) is 18.3 Å². The molecule has 0 radical (unpaired) electrons. The number of hydrogen-bond acceptors (Lipinski definition) is 4. The molecule has 2 aliphatic heterocycles. The standard InChI is InChI=1S/C26H22Cl2N2O2/c1-30-7-6-26-18-9-14-8-15(17-4-3-16(27)11-19(17)28)12-29-23(14)25(26)32-24-21(31)5-2-13(22(24)26)10-20(18)30/h2-5,8,11-12,18,20,25,31H,6-7,9-10H2,1H3/t18-,20-,25-,26-/m0/s1. The summed E-state index contributed by atoms with van der Waals surface area (Å²) in [7, 11) is 2.24. The van der Waals surface area contributed by atoms with Crippen LogP contribution in [0.2, 0.25) is 10.0 Å². The van der Waals surface area contributed by atoms with Crippen molar-refractivity contribution in [3.05, 3.63) is 75.0 Å².